The molecule has 140 valence electrons. The smallest absolute Gasteiger partial charge is 0.0553 e. The van der Waals surface area contributed by atoms with Gasteiger partial charge in [-0.3, -0.25) is 0 Å². The van der Waals surface area contributed by atoms with Gasteiger partial charge in [-0.25, -0.2) is 0 Å². The second-order valence-corrected chi connectivity index (χ2v) is 8.49. The molecule has 0 saturated heterocycles. The fourth-order valence-corrected chi connectivity index (χ4v) is 5.29. The van der Waals surface area contributed by atoms with Crippen LogP contribution in [0.2, 0.25) is 0 Å². The molecule has 3 aromatic rings. The summed E-state index contributed by atoms with van der Waals surface area (Å²) >= 11 is 1.90. The van der Waals surface area contributed by atoms with Crippen LogP contribution in [0.15, 0.2) is 76.5 Å². The summed E-state index contributed by atoms with van der Waals surface area (Å²) in [6, 6.07) is 24.5. The number of anilines is 2. The van der Waals surface area contributed by atoms with E-state index < -0.39 is 0 Å². The average molecular weight is 385 g/mol. The molecule has 1 heterocycles. The van der Waals surface area contributed by atoms with Crippen molar-refractivity contribution in [3.05, 3.63) is 83.4 Å². The van der Waals surface area contributed by atoms with E-state index in [0.717, 1.165) is 25.9 Å². The number of nitrogens with one attached hydrogen (secondary N) is 1. The van der Waals surface area contributed by atoms with Crippen LogP contribution in [0.4, 0.5) is 11.4 Å². The summed E-state index contributed by atoms with van der Waals surface area (Å²) in [5.74, 6) is 0. The second-order valence-electron chi connectivity index (χ2n) is 7.41. The molecule has 2 nitrogen and oxygen atoms in total. The SMILES string of the molecule is CNCCCN1c2ccccc2Sc2cc(C3=Cc4ccccc4C3)ccc21. The van der Waals surface area contributed by atoms with Crippen LogP contribution in [0, 0.1) is 0 Å². The van der Waals surface area contributed by atoms with E-state index in [-0.39, 0.29) is 0 Å². The van der Waals surface area contributed by atoms with Crippen molar-refractivity contribution >= 4 is 34.8 Å². The van der Waals surface area contributed by atoms with Crippen molar-refractivity contribution in [3.63, 3.8) is 0 Å². The van der Waals surface area contributed by atoms with Crippen molar-refractivity contribution in [2.24, 2.45) is 0 Å². The number of para-hydroxylation sites is 1. The number of allylic oxidation sites excluding steroid dienone is 1. The fourth-order valence-electron chi connectivity index (χ4n) is 4.15. The molecule has 1 aliphatic heterocycles. The van der Waals surface area contributed by atoms with Crippen molar-refractivity contribution < 1.29 is 0 Å². The molecule has 0 fully saturated rings. The van der Waals surface area contributed by atoms with E-state index in [0.29, 0.717) is 0 Å². The Labute approximate surface area is 171 Å². The molecule has 0 radical (unpaired) electrons. The highest BCUT2D eigenvalue weighted by Gasteiger charge is 2.24. The van der Waals surface area contributed by atoms with E-state index >= 15 is 0 Å². The van der Waals surface area contributed by atoms with Gasteiger partial charge in [-0.1, -0.05) is 60.3 Å². The van der Waals surface area contributed by atoms with E-state index in [2.05, 4.69) is 83.0 Å². The number of benzene rings is 3. The van der Waals surface area contributed by atoms with Crippen molar-refractivity contribution in [1.29, 1.82) is 0 Å². The molecule has 0 bridgehead atoms. The maximum Gasteiger partial charge on any atom is 0.0553 e. The summed E-state index contributed by atoms with van der Waals surface area (Å²) in [5, 5.41) is 3.27. The molecule has 0 unspecified atom stereocenters. The first-order valence-electron chi connectivity index (χ1n) is 9.95. The van der Waals surface area contributed by atoms with Gasteiger partial charge in [0, 0.05) is 16.3 Å². The number of rotatable bonds is 5. The largest absolute Gasteiger partial charge is 0.340 e. The van der Waals surface area contributed by atoms with Crippen molar-refractivity contribution in [2.75, 3.05) is 25.0 Å². The van der Waals surface area contributed by atoms with Crippen molar-refractivity contribution in [1.82, 2.24) is 5.32 Å². The van der Waals surface area contributed by atoms with Crippen molar-refractivity contribution in [3.8, 4) is 0 Å². The van der Waals surface area contributed by atoms with Crippen molar-refractivity contribution in [2.45, 2.75) is 22.6 Å². The fraction of sp³-hybridized carbons (Fsp3) is 0.200. The Morgan fingerprint density at radius 3 is 2.64 bits per heavy atom. The third-order valence-corrected chi connectivity index (χ3v) is 6.68. The van der Waals surface area contributed by atoms with Gasteiger partial charge in [0.05, 0.1) is 11.4 Å². The molecule has 0 atom stereocenters. The first-order chi connectivity index (χ1) is 13.8. The minimum Gasteiger partial charge on any atom is -0.340 e. The summed E-state index contributed by atoms with van der Waals surface area (Å²) in [6.07, 6.45) is 4.50. The van der Waals surface area contributed by atoms with Crippen LogP contribution in [-0.2, 0) is 6.42 Å². The van der Waals surface area contributed by atoms with Crippen LogP contribution in [0.25, 0.3) is 11.6 Å². The topological polar surface area (TPSA) is 15.3 Å². The third kappa shape index (κ3) is 3.15. The number of nitrogens with zero attached hydrogens (tertiary/aromatic N) is 1. The van der Waals surface area contributed by atoms with Gasteiger partial charge in [-0.15, -0.1) is 0 Å². The minimum absolute atomic E-state index is 1.03. The molecule has 0 amide bonds. The van der Waals surface area contributed by atoms with Gasteiger partial charge in [-0.05, 0) is 73.0 Å². The summed E-state index contributed by atoms with van der Waals surface area (Å²) in [4.78, 5) is 5.19. The predicted molar refractivity (Wildman–Crippen MR) is 121 cm³/mol. The van der Waals surface area contributed by atoms with Crippen LogP contribution in [0.5, 0.6) is 0 Å². The lowest BCUT2D eigenvalue weighted by atomic mass is 10.0. The lowest BCUT2D eigenvalue weighted by molar-refractivity contribution is 0.719. The Hall–Kier alpha value is -2.49. The molecular formula is C25H24N2S. The van der Waals surface area contributed by atoms with E-state index in [1.165, 1.54) is 43.4 Å². The molecule has 0 aromatic heterocycles. The van der Waals surface area contributed by atoms with Crippen LogP contribution in [0.1, 0.15) is 23.1 Å². The number of fused-ring (bicyclic) bond motifs is 3. The third-order valence-electron chi connectivity index (χ3n) is 5.57. The van der Waals surface area contributed by atoms with Crippen LogP contribution in [-0.4, -0.2) is 20.1 Å². The Bertz CT molecular complexity index is 1050. The zero-order chi connectivity index (χ0) is 18.9. The van der Waals surface area contributed by atoms with E-state index in [1.807, 2.05) is 18.8 Å². The predicted octanol–water partition coefficient (Wildman–Crippen LogP) is 6.00. The van der Waals surface area contributed by atoms with Gasteiger partial charge in [0.2, 0.25) is 0 Å². The molecule has 0 saturated carbocycles. The molecule has 5 rings (SSSR count). The summed E-state index contributed by atoms with van der Waals surface area (Å²) in [6.45, 7) is 2.06. The molecule has 28 heavy (non-hydrogen) atoms. The molecular weight excluding hydrogens is 360 g/mol. The highest BCUT2D eigenvalue weighted by Crippen LogP contribution is 2.49. The number of hydrogen-bond donors (Lipinski definition) is 1. The Balaban J connectivity index is 1.50. The first kappa shape index (κ1) is 17.6. The molecule has 2 aliphatic rings. The molecule has 0 spiro atoms. The lowest BCUT2D eigenvalue weighted by Gasteiger charge is -2.33. The quantitative estimate of drug-likeness (QED) is 0.544. The monoisotopic (exact) mass is 384 g/mol. The van der Waals surface area contributed by atoms with Gasteiger partial charge in [0.25, 0.3) is 0 Å². The van der Waals surface area contributed by atoms with Crippen LogP contribution >= 0.6 is 11.8 Å². The number of hydrogen-bond acceptors (Lipinski definition) is 3. The first-order valence-corrected chi connectivity index (χ1v) is 10.8. The van der Waals surface area contributed by atoms with E-state index in [1.54, 1.807) is 0 Å². The van der Waals surface area contributed by atoms with Crippen LogP contribution in [0.3, 0.4) is 0 Å². The molecule has 1 aliphatic carbocycles. The Kier molecular flexibility index (Phi) is 4.71. The van der Waals surface area contributed by atoms with Crippen LogP contribution < -0.4 is 10.2 Å². The maximum absolute atomic E-state index is 3.27. The summed E-state index contributed by atoms with van der Waals surface area (Å²) < 4.78 is 0. The lowest BCUT2D eigenvalue weighted by Crippen LogP contribution is -2.24. The maximum atomic E-state index is 3.27. The molecule has 3 heteroatoms. The average Bonchev–Trinajstić information content (AvgIpc) is 3.17. The zero-order valence-corrected chi connectivity index (χ0v) is 16.9. The van der Waals surface area contributed by atoms with E-state index in [4.69, 9.17) is 0 Å². The Morgan fingerprint density at radius 1 is 0.929 bits per heavy atom. The minimum atomic E-state index is 1.03. The van der Waals surface area contributed by atoms with Gasteiger partial charge in [0.1, 0.15) is 0 Å². The highest BCUT2D eigenvalue weighted by molar-refractivity contribution is 7.99. The van der Waals surface area contributed by atoms with Gasteiger partial charge < -0.3 is 10.2 Å². The Morgan fingerprint density at radius 2 is 1.75 bits per heavy atom. The molecule has 1 N–H and O–H groups in total. The normalized spacial score (nSPS) is 14.3. The second kappa shape index (κ2) is 7.50. The summed E-state index contributed by atoms with van der Waals surface area (Å²) in [5.41, 5.74) is 8.22. The zero-order valence-electron chi connectivity index (χ0n) is 16.1. The molecule has 3 aromatic carbocycles. The standard InChI is InChI=1S/C25H24N2S/c1-26-13-6-14-27-22-9-4-5-10-24(22)28-25-17-20(11-12-23(25)27)21-15-18-7-2-3-8-19(18)16-21/h2-5,7-12,15,17,26H,6,13-14,16H2,1H3. The highest BCUT2D eigenvalue weighted by atomic mass is 32.2. The summed E-state index contributed by atoms with van der Waals surface area (Å²) in [7, 11) is 2.02. The van der Waals surface area contributed by atoms with Gasteiger partial charge in [-0.2, -0.15) is 0 Å². The van der Waals surface area contributed by atoms with Gasteiger partial charge >= 0.3 is 0 Å². The van der Waals surface area contributed by atoms with Gasteiger partial charge in [0.15, 0.2) is 0 Å². The van der Waals surface area contributed by atoms with E-state index in [9.17, 15) is 0 Å².